The van der Waals surface area contributed by atoms with Crippen molar-refractivity contribution in [2.75, 3.05) is 6.54 Å². The Kier molecular flexibility index (Phi) is 8.79. The first-order valence-corrected chi connectivity index (χ1v) is 13.3. The normalized spacial score (nSPS) is 11.9. The van der Waals surface area contributed by atoms with Crippen molar-refractivity contribution in [1.82, 2.24) is 14.8 Å². The third kappa shape index (κ3) is 6.52. The molecular formula is C24H18BrCl3N4O3S. The Hall–Kier alpha value is -2.30. The zero-order valence-corrected chi connectivity index (χ0v) is 23.4. The van der Waals surface area contributed by atoms with Gasteiger partial charge in [0.2, 0.25) is 6.54 Å². The molecule has 0 bridgehead atoms. The van der Waals surface area contributed by atoms with Crippen molar-refractivity contribution in [3.8, 4) is 11.4 Å². The Bertz CT molecular complexity index is 1400. The summed E-state index contributed by atoms with van der Waals surface area (Å²) in [6.45, 7) is 1.76. The number of rotatable bonds is 9. The molecule has 0 radical (unpaired) electrons. The minimum absolute atomic E-state index is 0.241. The van der Waals surface area contributed by atoms with E-state index >= 15 is 0 Å². The molecule has 1 heterocycles. The van der Waals surface area contributed by atoms with Gasteiger partial charge in [0.25, 0.3) is 0 Å². The largest absolute Gasteiger partial charge is 0.488 e. The van der Waals surface area contributed by atoms with E-state index in [1.165, 1.54) is 11.8 Å². The molecule has 1 atom stereocenters. The van der Waals surface area contributed by atoms with Gasteiger partial charge in [-0.15, -0.1) is 10.2 Å². The molecule has 0 aliphatic rings. The monoisotopic (exact) mass is 626 g/mol. The van der Waals surface area contributed by atoms with Gasteiger partial charge in [0, 0.05) is 31.2 Å². The number of benzene rings is 3. The van der Waals surface area contributed by atoms with E-state index in [1.54, 1.807) is 42.5 Å². The van der Waals surface area contributed by atoms with Gasteiger partial charge in [0.05, 0.1) is 4.47 Å². The van der Waals surface area contributed by atoms with Gasteiger partial charge in [-0.25, -0.2) is 0 Å². The van der Waals surface area contributed by atoms with Crippen LogP contribution in [0.1, 0.15) is 22.2 Å². The van der Waals surface area contributed by atoms with Crippen LogP contribution < -0.4 is 4.74 Å². The number of hydrogen-bond acceptors (Lipinski definition) is 6. The Morgan fingerprint density at radius 2 is 1.78 bits per heavy atom. The van der Waals surface area contributed by atoms with Crippen LogP contribution in [0.4, 0.5) is 0 Å². The third-order valence-corrected chi connectivity index (χ3v) is 7.81. The Labute approximate surface area is 235 Å². The molecule has 186 valence electrons. The molecule has 3 aromatic carbocycles. The number of nitro groups is 1. The molecule has 0 fully saturated rings. The fourth-order valence-electron chi connectivity index (χ4n) is 3.41. The number of ether oxygens (including phenoxy) is 1. The highest BCUT2D eigenvalue weighted by Gasteiger charge is 2.24. The van der Waals surface area contributed by atoms with Crippen molar-refractivity contribution in [2.45, 2.75) is 23.9 Å². The highest BCUT2D eigenvalue weighted by Crippen LogP contribution is 2.39. The van der Waals surface area contributed by atoms with Crippen LogP contribution in [0.5, 0.6) is 5.75 Å². The Morgan fingerprint density at radius 1 is 1.06 bits per heavy atom. The molecule has 7 nitrogen and oxygen atoms in total. The number of hydrogen-bond donors (Lipinski definition) is 0. The summed E-state index contributed by atoms with van der Waals surface area (Å²) < 4.78 is 8.42. The van der Waals surface area contributed by atoms with Crippen molar-refractivity contribution < 1.29 is 9.66 Å². The fraction of sp³-hybridized carbons (Fsp3) is 0.167. The van der Waals surface area contributed by atoms with E-state index in [0.29, 0.717) is 36.3 Å². The molecule has 36 heavy (non-hydrogen) atoms. The SMILES string of the molecule is Cc1nnc(S[C@H](C[N+](=O)[O-])c2ccc(OCc3ccc(Cl)cc3Cl)c(Br)c2)n1-c1ccc(Cl)cc1. The number of thioether (sulfide) groups is 1. The zero-order chi connectivity index (χ0) is 25.8. The quantitative estimate of drug-likeness (QED) is 0.106. The second kappa shape index (κ2) is 11.8. The molecule has 4 aromatic rings. The van der Waals surface area contributed by atoms with E-state index < -0.39 is 5.25 Å². The van der Waals surface area contributed by atoms with Crippen LogP contribution in [0.3, 0.4) is 0 Å². The maximum atomic E-state index is 11.5. The molecule has 0 aliphatic carbocycles. The average Bonchev–Trinajstić information content (AvgIpc) is 3.19. The second-order valence-electron chi connectivity index (χ2n) is 7.68. The number of halogens is 4. The lowest BCUT2D eigenvalue weighted by Gasteiger charge is -2.16. The van der Waals surface area contributed by atoms with Gasteiger partial charge in [-0.2, -0.15) is 0 Å². The minimum atomic E-state index is -0.522. The van der Waals surface area contributed by atoms with Crippen LogP contribution in [0.15, 0.2) is 70.3 Å². The number of nitrogens with zero attached hydrogens (tertiary/aromatic N) is 4. The molecule has 12 heteroatoms. The predicted octanol–water partition coefficient (Wildman–Crippen LogP) is 7.99. The van der Waals surface area contributed by atoms with E-state index in [2.05, 4.69) is 26.1 Å². The van der Waals surface area contributed by atoms with Gasteiger partial charge in [-0.05, 0) is 76.9 Å². The number of aromatic nitrogens is 3. The van der Waals surface area contributed by atoms with Crippen LogP contribution in [-0.4, -0.2) is 26.2 Å². The highest BCUT2D eigenvalue weighted by molar-refractivity contribution is 9.10. The van der Waals surface area contributed by atoms with E-state index in [4.69, 9.17) is 39.5 Å². The average molecular weight is 629 g/mol. The van der Waals surface area contributed by atoms with Gasteiger partial charge in [-0.1, -0.05) is 58.7 Å². The van der Waals surface area contributed by atoms with Crippen LogP contribution in [0.2, 0.25) is 15.1 Å². The van der Waals surface area contributed by atoms with Crippen LogP contribution in [0, 0.1) is 17.0 Å². The smallest absolute Gasteiger partial charge is 0.220 e. The van der Waals surface area contributed by atoms with Crippen molar-refractivity contribution in [1.29, 1.82) is 0 Å². The summed E-state index contributed by atoms with van der Waals surface area (Å²) in [5.41, 5.74) is 2.34. The van der Waals surface area contributed by atoms with Crippen LogP contribution in [0.25, 0.3) is 5.69 Å². The standard InChI is InChI=1S/C24H18BrCl3N4O3S/c1-14-29-30-24(32(14)19-7-5-17(26)6-8-19)36-23(12-31(33)34)15-3-9-22(20(25)10-15)35-13-16-2-4-18(27)11-21(16)28/h2-11,23H,12-13H2,1H3/t23-/m1/s1. The van der Waals surface area contributed by atoms with Gasteiger partial charge >= 0.3 is 0 Å². The maximum absolute atomic E-state index is 11.5. The molecule has 0 N–H and O–H groups in total. The van der Waals surface area contributed by atoms with Crippen molar-refractivity contribution in [3.63, 3.8) is 0 Å². The minimum Gasteiger partial charge on any atom is -0.488 e. The summed E-state index contributed by atoms with van der Waals surface area (Å²) in [5, 5.41) is 21.6. The topological polar surface area (TPSA) is 83.1 Å². The lowest BCUT2D eigenvalue weighted by atomic mass is 10.1. The lowest BCUT2D eigenvalue weighted by molar-refractivity contribution is -0.479. The summed E-state index contributed by atoms with van der Waals surface area (Å²) in [6, 6.07) is 17.8. The summed E-state index contributed by atoms with van der Waals surface area (Å²) in [4.78, 5) is 11.2. The summed E-state index contributed by atoms with van der Waals surface area (Å²) >= 11 is 23.0. The molecule has 0 unspecified atom stereocenters. The van der Waals surface area contributed by atoms with E-state index in [1.807, 2.05) is 29.7 Å². The molecule has 0 aliphatic heterocycles. The Balaban J connectivity index is 1.57. The molecule has 4 rings (SSSR count). The van der Waals surface area contributed by atoms with Crippen LogP contribution >= 0.6 is 62.5 Å². The second-order valence-corrected chi connectivity index (χ2v) is 11.0. The van der Waals surface area contributed by atoms with Gasteiger partial charge in [0.15, 0.2) is 5.16 Å². The van der Waals surface area contributed by atoms with E-state index in [0.717, 1.165) is 16.8 Å². The third-order valence-electron chi connectivity index (χ3n) is 5.17. The molecule has 0 saturated carbocycles. The highest BCUT2D eigenvalue weighted by atomic mass is 79.9. The van der Waals surface area contributed by atoms with Crippen molar-refractivity contribution in [2.24, 2.45) is 0 Å². The zero-order valence-electron chi connectivity index (χ0n) is 18.7. The summed E-state index contributed by atoms with van der Waals surface area (Å²) in [7, 11) is 0. The molecule has 0 saturated heterocycles. The van der Waals surface area contributed by atoms with Crippen LogP contribution in [-0.2, 0) is 6.61 Å². The molecule has 0 spiro atoms. The predicted molar refractivity (Wildman–Crippen MR) is 147 cm³/mol. The fourth-order valence-corrected chi connectivity index (χ4v) is 5.67. The first-order valence-electron chi connectivity index (χ1n) is 10.5. The molecule has 1 aromatic heterocycles. The van der Waals surface area contributed by atoms with Gasteiger partial charge < -0.3 is 4.74 Å². The Morgan fingerprint density at radius 3 is 2.44 bits per heavy atom. The molecule has 0 amide bonds. The van der Waals surface area contributed by atoms with E-state index in [9.17, 15) is 10.1 Å². The van der Waals surface area contributed by atoms with Gasteiger partial charge in [-0.3, -0.25) is 14.7 Å². The van der Waals surface area contributed by atoms with Crippen molar-refractivity contribution >= 4 is 62.5 Å². The lowest BCUT2D eigenvalue weighted by Crippen LogP contribution is -2.11. The number of aryl methyl sites for hydroxylation is 1. The maximum Gasteiger partial charge on any atom is 0.220 e. The molecular weight excluding hydrogens is 611 g/mol. The van der Waals surface area contributed by atoms with Gasteiger partial charge in [0.1, 0.15) is 23.4 Å². The first kappa shape index (κ1) is 26.8. The first-order chi connectivity index (χ1) is 17.2. The summed E-state index contributed by atoms with van der Waals surface area (Å²) in [5.74, 6) is 1.24. The van der Waals surface area contributed by atoms with Crippen molar-refractivity contribution in [3.05, 3.63) is 107 Å². The van der Waals surface area contributed by atoms with E-state index in [-0.39, 0.29) is 18.1 Å². The summed E-state index contributed by atoms with van der Waals surface area (Å²) in [6.07, 6.45) is 0.